The summed E-state index contributed by atoms with van der Waals surface area (Å²) in [6, 6.07) is 4.98. The van der Waals surface area contributed by atoms with Gasteiger partial charge in [0.25, 0.3) is 0 Å². The molecule has 1 aliphatic heterocycles. The number of hydrogen-bond acceptors (Lipinski definition) is 4. The molecule has 1 N–H and O–H groups in total. The van der Waals surface area contributed by atoms with E-state index < -0.39 is 17.3 Å². The summed E-state index contributed by atoms with van der Waals surface area (Å²) in [5.74, 6) is 0.327. The van der Waals surface area contributed by atoms with Crippen LogP contribution in [0.25, 0.3) is 10.4 Å². The number of aliphatic hydroxyl groups is 1. The van der Waals surface area contributed by atoms with E-state index in [9.17, 15) is 18.3 Å². The molecule has 1 aliphatic rings. The number of alkyl halides is 3. The Hall–Kier alpha value is -1.80. The molecule has 0 spiro atoms. The first-order chi connectivity index (χ1) is 12.7. The molecule has 0 saturated carbocycles. The van der Waals surface area contributed by atoms with Gasteiger partial charge in [0, 0.05) is 18.1 Å². The molecule has 1 aromatic carbocycles. The van der Waals surface area contributed by atoms with E-state index in [1.165, 1.54) is 12.1 Å². The van der Waals surface area contributed by atoms with Gasteiger partial charge < -0.3 is 5.11 Å². The third-order valence-electron chi connectivity index (χ3n) is 4.73. The molecule has 1 unspecified atom stereocenters. The van der Waals surface area contributed by atoms with Gasteiger partial charge in [0.2, 0.25) is 0 Å². The van der Waals surface area contributed by atoms with Crippen LogP contribution in [0.3, 0.4) is 0 Å². The topological polar surface area (TPSA) is 81.5 Å². The lowest BCUT2D eigenvalue weighted by Gasteiger charge is -2.37. The zero-order valence-electron chi connectivity index (χ0n) is 15.5. The Morgan fingerprint density at radius 1 is 1.37 bits per heavy atom. The van der Waals surface area contributed by atoms with Crippen molar-refractivity contribution in [2.24, 2.45) is 11.0 Å². The average molecular weight is 386 g/mol. The molecule has 1 fully saturated rings. The van der Waals surface area contributed by atoms with Crippen LogP contribution < -0.4 is 0 Å². The van der Waals surface area contributed by atoms with Crippen molar-refractivity contribution in [2.75, 3.05) is 13.2 Å². The predicted molar refractivity (Wildman–Crippen MR) is 94.4 cm³/mol. The first kappa shape index (κ1) is 21.5. The Kier molecular flexibility index (Phi) is 7.11. The van der Waals surface area contributed by atoms with E-state index in [1.807, 2.05) is 0 Å². The molecule has 27 heavy (non-hydrogen) atoms. The van der Waals surface area contributed by atoms with Crippen molar-refractivity contribution in [2.45, 2.75) is 57.5 Å². The summed E-state index contributed by atoms with van der Waals surface area (Å²) in [6.07, 6.45) is -2.88. The normalized spacial score (nSPS) is 23.6. The van der Waals surface area contributed by atoms with Crippen LogP contribution in [0, 0.1) is 5.92 Å². The highest BCUT2D eigenvalue weighted by atomic mass is 19.4. The number of nitrogens with zero attached hydrogens (tertiary/aromatic N) is 4. The highest BCUT2D eigenvalue weighted by Crippen LogP contribution is 2.41. The predicted octanol–water partition coefficient (Wildman–Crippen LogP) is 4.69. The summed E-state index contributed by atoms with van der Waals surface area (Å²) in [4.78, 5) is 8.74. The third-order valence-corrected chi connectivity index (χ3v) is 4.73. The van der Waals surface area contributed by atoms with Gasteiger partial charge in [0.1, 0.15) is 0 Å². The van der Waals surface area contributed by atoms with Crippen LogP contribution in [0.5, 0.6) is 0 Å². The molecule has 1 aromatic rings. The van der Waals surface area contributed by atoms with Crippen LogP contribution in [0.2, 0.25) is 0 Å². The van der Waals surface area contributed by atoms with Crippen LogP contribution in [0.15, 0.2) is 29.4 Å². The van der Waals surface area contributed by atoms with Gasteiger partial charge in [-0.25, -0.2) is 0 Å². The lowest BCUT2D eigenvalue weighted by Crippen LogP contribution is -2.44. The van der Waals surface area contributed by atoms with Crippen molar-refractivity contribution < 1.29 is 23.1 Å². The molecule has 1 heterocycles. The summed E-state index contributed by atoms with van der Waals surface area (Å²) >= 11 is 0. The van der Waals surface area contributed by atoms with Gasteiger partial charge in [-0.2, -0.15) is 18.2 Å². The number of hydrogen-bond donors (Lipinski definition) is 1. The van der Waals surface area contributed by atoms with Crippen LogP contribution in [-0.2, 0) is 17.6 Å². The summed E-state index contributed by atoms with van der Waals surface area (Å²) in [5, 5.41) is 14.9. The second kappa shape index (κ2) is 8.93. The summed E-state index contributed by atoms with van der Waals surface area (Å²) < 4.78 is 38.3. The Morgan fingerprint density at radius 2 is 2.04 bits per heavy atom. The first-order valence-corrected chi connectivity index (χ1v) is 8.92. The van der Waals surface area contributed by atoms with E-state index in [0.717, 1.165) is 18.6 Å². The molecule has 150 valence electrons. The van der Waals surface area contributed by atoms with Crippen molar-refractivity contribution in [3.05, 3.63) is 45.8 Å². The zero-order valence-corrected chi connectivity index (χ0v) is 15.5. The number of rotatable bonds is 8. The van der Waals surface area contributed by atoms with Gasteiger partial charge in [-0.05, 0) is 48.4 Å². The maximum Gasteiger partial charge on any atom is 0.416 e. The minimum Gasteiger partial charge on any atom is -0.396 e. The van der Waals surface area contributed by atoms with Gasteiger partial charge in [-0.15, -0.1) is 0 Å². The van der Waals surface area contributed by atoms with Gasteiger partial charge >= 0.3 is 6.18 Å². The highest BCUT2D eigenvalue weighted by Gasteiger charge is 2.46. The Labute approximate surface area is 156 Å². The van der Waals surface area contributed by atoms with E-state index in [1.54, 1.807) is 5.06 Å². The molecule has 6 nitrogen and oxygen atoms in total. The van der Waals surface area contributed by atoms with E-state index in [4.69, 9.17) is 10.4 Å². The minimum absolute atomic E-state index is 0.0339. The molecule has 0 aliphatic carbocycles. The average Bonchev–Trinajstić information content (AvgIpc) is 2.89. The maximum absolute atomic E-state index is 12.8. The summed E-state index contributed by atoms with van der Waals surface area (Å²) in [6.45, 7) is 4.56. The maximum atomic E-state index is 12.8. The highest BCUT2D eigenvalue weighted by molar-refractivity contribution is 5.24. The number of halogens is 3. The van der Waals surface area contributed by atoms with Gasteiger partial charge in [0.15, 0.2) is 0 Å². The second-order valence-electron chi connectivity index (χ2n) is 7.37. The molecular formula is C18H25F3N4O2. The van der Waals surface area contributed by atoms with Crippen molar-refractivity contribution in [3.63, 3.8) is 0 Å². The van der Waals surface area contributed by atoms with E-state index in [0.29, 0.717) is 24.3 Å². The third kappa shape index (κ3) is 5.59. The van der Waals surface area contributed by atoms with Crippen molar-refractivity contribution in [1.82, 2.24) is 5.06 Å². The fourth-order valence-electron chi connectivity index (χ4n) is 3.73. The van der Waals surface area contributed by atoms with Crippen LogP contribution in [0.1, 0.15) is 44.2 Å². The largest absolute Gasteiger partial charge is 0.416 e. The minimum atomic E-state index is -4.37. The summed E-state index contributed by atoms with van der Waals surface area (Å²) in [7, 11) is 0. The quantitative estimate of drug-likeness (QED) is 0.400. The SMILES string of the molecule is CC(C)CC1(CCO)C[C@H](CN=[N+]=[N-])ON1Cc1ccc(C(F)(F)F)cc1. The second-order valence-corrected chi connectivity index (χ2v) is 7.37. The van der Waals surface area contributed by atoms with Crippen LogP contribution in [0.4, 0.5) is 13.2 Å². The fraction of sp³-hybridized carbons (Fsp3) is 0.667. The fourth-order valence-corrected chi connectivity index (χ4v) is 3.73. The molecule has 2 rings (SSSR count). The lowest BCUT2D eigenvalue weighted by molar-refractivity contribution is -0.199. The molecule has 9 heteroatoms. The number of hydroxylamine groups is 2. The Morgan fingerprint density at radius 3 is 2.56 bits per heavy atom. The Balaban J connectivity index is 2.24. The van der Waals surface area contributed by atoms with Crippen molar-refractivity contribution in [1.29, 1.82) is 0 Å². The van der Waals surface area contributed by atoms with Crippen LogP contribution in [-0.4, -0.2) is 35.0 Å². The molecule has 0 radical (unpaired) electrons. The zero-order chi connectivity index (χ0) is 20.1. The first-order valence-electron chi connectivity index (χ1n) is 8.92. The van der Waals surface area contributed by atoms with Crippen LogP contribution >= 0.6 is 0 Å². The molecule has 1 saturated heterocycles. The van der Waals surface area contributed by atoms with Gasteiger partial charge in [-0.3, -0.25) is 4.84 Å². The summed E-state index contributed by atoms with van der Waals surface area (Å²) in [5.41, 5.74) is 8.08. The van der Waals surface area contributed by atoms with Gasteiger partial charge in [-0.1, -0.05) is 31.1 Å². The standard InChI is InChI=1S/C18H25F3N4O2/c1-13(2)9-17(7-8-26)10-16(11-23-24-22)27-25(17)12-14-3-5-15(6-4-14)18(19,20)21/h3-6,13,16,26H,7-12H2,1-2H3/t16-,17?/m1/s1. The molecular weight excluding hydrogens is 361 g/mol. The van der Waals surface area contributed by atoms with E-state index in [2.05, 4.69) is 23.9 Å². The monoisotopic (exact) mass is 386 g/mol. The smallest absolute Gasteiger partial charge is 0.396 e. The van der Waals surface area contributed by atoms with Crippen molar-refractivity contribution >= 4 is 0 Å². The molecule has 2 atom stereocenters. The van der Waals surface area contributed by atoms with E-state index >= 15 is 0 Å². The lowest BCUT2D eigenvalue weighted by atomic mass is 9.81. The van der Waals surface area contributed by atoms with E-state index in [-0.39, 0.29) is 25.8 Å². The molecule has 0 amide bonds. The van der Waals surface area contributed by atoms with Crippen molar-refractivity contribution in [3.8, 4) is 0 Å². The number of benzene rings is 1. The van der Waals surface area contributed by atoms with Gasteiger partial charge in [0.05, 0.1) is 23.8 Å². The Bertz CT molecular complexity index is 660. The number of azide groups is 1. The number of aliphatic hydroxyl groups excluding tert-OH is 1. The molecule has 0 bridgehead atoms. The molecule has 0 aromatic heterocycles.